The smallest absolute Gasteiger partial charge is 0.134 e. The lowest BCUT2D eigenvalue weighted by molar-refractivity contribution is 0.201. The summed E-state index contributed by atoms with van der Waals surface area (Å²) in [5.74, 6) is 0.921. The van der Waals surface area contributed by atoms with Gasteiger partial charge < -0.3 is 10.5 Å². The average molecular weight is 261 g/mol. The van der Waals surface area contributed by atoms with Gasteiger partial charge in [-0.15, -0.1) is 11.3 Å². The van der Waals surface area contributed by atoms with Crippen LogP contribution in [0.25, 0.3) is 0 Å². The largest absolute Gasteiger partial charge is 0.485 e. The SMILES string of the molecule is Cc1ccc(OC(CCN)c2cccs2)cc1C. The standard InChI is InChI=1S/C15H19NOS/c1-11-5-6-13(10-12(11)2)17-14(7-8-16)15-4-3-9-18-15/h3-6,9-10,14H,7-8,16H2,1-2H3. The molecular formula is C15H19NOS. The minimum Gasteiger partial charge on any atom is -0.485 e. The first-order chi connectivity index (χ1) is 8.70. The monoisotopic (exact) mass is 261 g/mol. The van der Waals surface area contributed by atoms with Gasteiger partial charge >= 0.3 is 0 Å². The molecule has 1 heterocycles. The fourth-order valence-corrected chi connectivity index (χ4v) is 2.63. The van der Waals surface area contributed by atoms with E-state index in [2.05, 4.69) is 37.4 Å². The van der Waals surface area contributed by atoms with E-state index in [0.29, 0.717) is 6.54 Å². The molecule has 0 saturated heterocycles. The molecule has 0 bridgehead atoms. The zero-order valence-electron chi connectivity index (χ0n) is 10.8. The van der Waals surface area contributed by atoms with E-state index >= 15 is 0 Å². The van der Waals surface area contributed by atoms with Crippen LogP contribution in [0, 0.1) is 13.8 Å². The van der Waals surface area contributed by atoms with Gasteiger partial charge in [-0.05, 0) is 55.1 Å². The van der Waals surface area contributed by atoms with Gasteiger partial charge in [-0.1, -0.05) is 12.1 Å². The summed E-state index contributed by atoms with van der Waals surface area (Å²) in [5, 5.41) is 2.07. The van der Waals surface area contributed by atoms with Crippen LogP contribution in [-0.2, 0) is 0 Å². The summed E-state index contributed by atoms with van der Waals surface area (Å²) in [5.41, 5.74) is 8.21. The Hall–Kier alpha value is -1.32. The second-order valence-electron chi connectivity index (χ2n) is 4.45. The second kappa shape index (κ2) is 6.03. The molecule has 0 saturated carbocycles. The van der Waals surface area contributed by atoms with Crippen molar-refractivity contribution in [2.75, 3.05) is 6.54 Å². The van der Waals surface area contributed by atoms with Crippen LogP contribution < -0.4 is 10.5 Å². The molecule has 0 fully saturated rings. The molecule has 0 aliphatic carbocycles. The first-order valence-electron chi connectivity index (χ1n) is 6.18. The summed E-state index contributed by atoms with van der Waals surface area (Å²) in [7, 11) is 0. The Morgan fingerprint density at radius 1 is 1.22 bits per heavy atom. The van der Waals surface area contributed by atoms with Crippen LogP contribution in [0.3, 0.4) is 0 Å². The van der Waals surface area contributed by atoms with E-state index in [0.717, 1.165) is 12.2 Å². The molecule has 0 aliphatic heterocycles. The number of thiophene rings is 1. The molecule has 96 valence electrons. The van der Waals surface area contributed by atoms with Crippen molar-refractivity contribution < 1.29 is 4.74 Å². The quantitative estimate of drug-likeness (QED) is 0.887. The highest BCUT2D eigenvalue weighted by Gasteiger charge is 2.13. The number of aryl methyl sites for hydroxylation is 2. The first-order valence-corrected chi connectivity index (χ1v) is 7.06. The van der Waals surface area contributed by atoms with Gasteiger partial charge in [0.1, 0.15) is 11.9 Å². The molecule has 1 aromatic heterocycles. The lowest BCUT2D eigenvalue weighted by atomic mass is 10.1. The van der Waals surface area contributed by atoms with Gasteiger partial charge in [0.25, 0.3) is 0 Å². The van der Waals surface area contributed by atoms with Crippen LogP contribution in [-0.4, -0.2) is 6.54 Å². The minimum atomic E-state index is 0.0668. The van der Waals surface area contributed by atoms with Gasteiger partial charge in [-0.25, -0.2) is 0 Å². The summed E-state index contributed by atoms with van der Waals surface area (Å²) < 4.78 is 6.07. The lowest BCUT2D eigenvalue weighted by Crippen LogP contribution is -2.12. The van der Waals surface area contributed by atoms with E-state index in [1.165, 1.54) is 16.0 Å². The van der Waals surface area contributed by atoms with Gasteiger partial charge in [-0.3, -0.25) is 0 Å². The third-order valence-corrected chi connectivity index (χ3v) is 4.01. The highest BCUT2D eigenvalue weighted by atomic mass is 32.1. The van der Waals surface area contributed by atoms with E-state index in [1.807, 2.05) is 12.1 Å². The molecule has 0 amide bonds. The molecule has 1 unspecified atom stereocenters. The summed E-state index contributed by atoms with van der Waals surface area (Å²) in [4.78, 5) is 1.23. The predicted molar refractivity (Wildman–Crippen MR) is 77.3 cm³/mol. The Kier molecular flexibility index (Phi) is 4.39. The number of rotatable bonds is 5. The Morgan fingerprint density at radius 2 is 2.06 bits per heavy atom. The first kappa shape index (κ1) is 13.1. The highest BCUT2D eigenvalue weighted by molar-refractivity contribution is 7.10. The lowest BCUT2D eigenvalue weighted by Gasteiger charge is -2.18. The minimum absolute atomic E-state index is 0.0668. The van der Waals surface area contributed by atoms with Gasteiger partial charge in [0.2, 0.25) is 0 Å². The fraction of sp³-hybridized carbons (Fsp3) is 0.333. The van der Waals surface area contributed by atoms with Crippen molar-refractivity contribution in [3.05, 3.63) is 51.7 Å². The maximum absolute atomic E-state index is 6.07. The van der Waals surface area contributed by atoms with Gasteiger partial charge in [0, 0.05) is 11.3 Å². The van der Waals surface area contributed by atoms with Crippen molar-refractivity contribution in [3.8, 4) is 5.75 Å². The molecule has 2 N–H and O–H groups in total. The van der Waals surface area contributed by atoms with E-state index in [4.69, 9.17) is 10.5 Å². The summed E-state index contributed by atoms with van der Waals surface area (Å²) in [6, 6.07) is 10.4. The number of hydrogen-bond donors (Lipinski definition) is 1. The molecule has 0 aliphatic rings. The van der Waals surface area contributed by atoms with Gasteiger partial charge in [0.15, 0.2) is 0 Å². The van der Waals surface area contributed by atoms with Crippen molar-refractivity contribution in [2.45, 2.75) is 26.4 Å². The molecule has 0 spiro atoms. The van der Waals surface area contributed by atoms with E-state index in [-0.39, 0.29) is 6.10 Å². The van der Waals surface area contributed by atoms with Crippen LogP contribution in [0.4, 0.5) is 0 Å². The van der Waals surface area contributed by atoms with Gasteiger partial charge in [0.05, 0.1) is 0 Å². The van der Waals surface area contributed by atoms with Crippen LogP contribution in [0.15, 0.2) is 35.7 Å². The number of hydrogen-bond acceptors (Lipinski definition) is 3. The predicted octanol–water partition coefficient (Wildman–Crippen LogP) is 3.83. The third-order valence-electron chi connectivity index (χ3n) is 3.05. The summed E-state index contributed by atoms with van der Waals surface area (Å²) in [6.45, 7) is 4.84. The number of benzene rings is 1. The molecule has 1 aromatic carbocycles. The average Bonchev–Trinajstić information content (AvgIpc) is 2.87. The summed E-state index contributed by atoms with van der Waals surface area (Å²) >= 11 is 1.72. The molecule has 2 rings (SSSR count). The molecule has 2 nitrogen and oxygen atoms in total. The maximum Gasteiger partial charge on any atom is 0.134 e. The zero-order valence-corrected chi connectivity index (χ0v) is 11.7. The van der Waals surface area contributed by atoms with Crippen LogP contribution in [0.1, 0.15) is 28.5 Å². The molecule has 18 heavy (non-hydrogen) atoms. The summed E-state index contributed by atoms with van der Waals surface area (Å²) in [6.07, 6.45) is 0.907. The van der Waals surface area contributed by atoms with Crippen molar-refractivity contribution in [1.82, 2.24) is 0 Å². The molecule has 0 radical (unpaired) electrons. The normalized spacial score (nSPS) is 12.4. The number of nitrogens with two attached hydrogens (primary N) is 1. The Balaban J connectivity index is 2.16. The highest BCUT2D eigenvalue weighted by Crippen LogP contribution is 2.28. The van der Waals surface area contributed by atoms with Crippen molar-refractivity contribution in [2.24, 2.45) is 5.73 Å². The van der Waals surface area contributed by atoms with Crippen LogP contribution >= 0.6 is 11.3 Å². The topological polar surface area (TPSA) is 35.2 Å². The van der Waals surface area contributed by atoms with Gasteiger partial charge in [-0.2, -0.15) is 0 Å². The Morgan fingerprint density at radius 3 is 2.67 bits per heavy atom. The van der Waals surface area contributed by atoms with Crippen molar-refractivity contribution in [1.29, 1.82) is 0 Å². The van der Waals surface area contributed by atoms with Crippen LogP contribution in [0.5, 0.6) is 5.75 Å². The third kappa shape index (κ3) is 3.12. The van der Waals surface area contributed by atoms with Crippen molar-refractivity contribution >= 4 is 11.3 Å². The molecule has 1 atom stereocenters. The Labute approximate surface area is 112 Å². The fourth-order valence-electron chi connectivity index (χ4n) is 1.84. The van der Waals surface area contributed by atoms with E-state index in [9.17, 15) is 0 Å². The molecular weight excluding hydrogens is 242 g/mol. The molecule has 3 heteroatoms. The van der Waals surface area contributed by atoms with E-state index < -0.39 is 0 Å². The Bertz CT molecular complexity index is 493. The zero-order chi connectivity index (χ0) is 13.0. The maximum atomic E-state index is 6.07. The van der Waals surface area contributed by atoms with E-state index in [1.54, 1.807) is 11.3 Å². The van der Waals surface area contributed by atoms with Crippen molar-refractivity contribution in [3.63, 3.8) is 0 Å². The van der Waals surface area contributed by atoms with Crippen LogP contribution in [0.2, 0.25) is 0 Å². The molecule has 2 aromatic rings. The second-order valence-corrected chi connectivity index (χ2v) is 5.42. The number of ether oxygens (including phenoxy) is 1.